The Morgan fingerprint density at radius 3 is 2.70 bits per heavy atom. The maximum Gasteiger partial charge on any atom is 0.0446 e. The maximum atomic E-state index is 4.24. The predicted molar refractivity (Wildman–Crippen MR) is 46.7 cm³/mol. The van der Waals surface area contributed by atoms with Crippen LogP contribution in [0.3, 0.4) is 0 Å². The molecular formula is C8H12NP. The van der Waals surface area contributed by atoms with Gasteiger partial charge in [0.1, 0.15) is 0 Å². The molecule has 0 unspecified atom stereocenters. The summed E-state index contributed by atoms with van der Waals surface area (Å²) in [6.07, 6.45) is 3.00. The second-order valence-electron chi connectivity index (χ2n) is 2.56. The summed E-state index contributed by atoms with van der Waals surface area (Å²) in [4.78, 5) is 4.24. The molecule has 1 nitrogen and oxygen atoms in total. The van der Waals surface area contributed by atoms with Crippen molar-refractivity contribution in [3.63, 3.8) is 0 Å². The van der Waals surface area contributed by atoms with E-state index in [1.165, 1.54) is 5.69 Å². The molecule has 1 aromatic heterocycles. The molecule has 0 saturated carbocycles. The first-order valence-electron chi connectivity index (χ1n) is 3.33. The zero-order valence-electron chi connectivity index (χ0n) is 6.41. The molecule has 1 aromatic rings. The Balaban J connectivity index is 2.59. The molecule has 2 heteroatoms. The van der Waals surface area contributed by atoms with Gasteiger partial charge in [0.05, 0.1) is 0 Å². The van der Waals surface area contributed by atoms with Crippen molar-refractivity contribution in [1.29, 1.82) is 0 Å². The summed E-state index contributed by atoms with van der Waals surface area (Å²) in [5.41, 5.74) is 1.22. The molecule has 0 aromatic carbocycles. The maximum absolute atomic E-state index is 4.24. The fourth-order valence-electron chi connectivity index (χ4n) is 0.816. The average Bonchev–Trinajstić information content (AvgIpc) is 1.88. The summed E-state index contributed by atoms with van der Waals surface area (Å²) >= 11 is 0. The minimum atomic E-state index is 0.161. The van der Waals surface area contributed by atoms with Crippen molar-refractivity contribution < 1.29 is 0 Å². The quantitative estimate of drug-likeness (QED) is 0.594. The van der Waals surface area contributed by atoms with Crippen LogP contribution in [0, 0.1) is 0 Å². The third-order valence-electron chi connectivity index (χ3n) is 1.20. The molecule has 0 atom stereocenters. The fraction of sp³-hybridized carbons (Fsp3) is 0.375. The molecule has 1 heterocycles. The monoisotopic (exact) mass is 153 g/mol. The molecule has 54 valence electrons. The van der Waals surface area contributed by atoms with Gasteiger partial charge in [0.15, 0.2) is 0 Å². The van der Waals surface area contributed by atoms with E-state index in [1.807, 2.05) is 18.3 Å². The Hall–Kier alpha value is -0.420. The zero-order valence-corrected chi connectivity index (χ0v) is 7.31. The number of pyridine rings is 1. The normalized spacial score (nSPS) is 10.3. The smallest absolute Gasteiger partial charge is 0.0446 e. The van der Waals surface area contributed by atoms with Gasteiger partial charge in [-0.3, -0.25) is 4.98 Å². The van der Waals surface area contributed by atoms with E-state index < -0.39 is 0 Å². The van der Waals surface area contributed by atoms with Crippen LogP contribution in [0.5, 0.6) is 0 Å². The summed E-state index contributed by atoms with van der Waals surface area (Å²) in [6.45, 7) is 4.54. The number of hydrogen-bond acceptors (Lipinski definition) is 1. The summed E-state index contributed by atoms with van der Waals surface area (Å²) in [7, 11) is 0.161. The van der Waals surface area contributed by atoms with E-state index in [4.69, 9.17) is 0 Å². The van der Waals surface area contributed by atoms with E-state index in [0.717, 1.165) is 6.16 Å². The second kappa shape index (κ2) is 3.68. The van der Waals surface area contributed by atoms with Gasteiger partial charge in [-0.1, -0.05) is 6.07 Å². The van der Waals surface area contributed by atoms with E-state index in [-0.39, 0.29) is 7.92 Å². The highest BCUT2D eigenvalue weighted by molar-refractivity contribution is 7.55. The van der Waals surface area contributed by atoms with Crippen LogP contribution >= 0.6 is 7.92 Å². The minimum absolute atomic E-state index is 0.161. The lowest BCUT2D eigenvalue weighted by atomic mass is 10.4. The van der Waals surface area contributed by atoms with Crippen LogP contribution in [0.25, 0.3) is 0 Å². The zero-order chi connectivity index (χ0) is 7.40. The number of aromatic nitrogens is 1. The van der Waals surface area contributed by atoms with E-state index >= 15 is 0 Å². The number of rotatable bonds is 2. The van der Waals surface area contributed by atoms with Gasteiger partial charge in [-0.15, -0.1) is 7.92 Å². The van der Waals surface area contributed by atoms with E-state index in [9.17, 15) is 0 Å². The molecule has 0 N–H and O–H groups in total. The molecule has 0 bridgehead atoms. The summed E-state index contributed by atoms with van der Waals surface area (Å²) in [6, 6.07) is 6.08. The summed E-state index contributed by atoms with van der Waals surface area (Å²) in [5.74, 6) is 0. The predicted octanol–water partition coefficient (Wildman–Crippen LogP) is 2.32. The van der Waals surface area contributed by atoms with Crippen LogP contribution in [0.1, 0.15) is 5.69 Å². The third kappa shape index (κ3) is 2.45. The Labute approximate surface area is 63.2 Å². The average molecular weight is 153 g/mol. The first-order chi connectivity index (χ1) is 4.79. The largest absolute Gasteiger partial charge is 0.261 e. The molecule has 0 fully saturated rings. The van der Waals surface area contributed by atoms with Crippen LogP contribution in [0.4, 0.5) is 0 Å². The molecule has 10 heavy (non-hydrogen) atoms. The van der Waals surface area contributed by atoms with Gasteiger partial charge in [-0.25, -0.2) is 0 Å². The highest BCUT2D eigenvalue weighted by atomic mass is 31.1. The summed E-state index contributed by atoms with van der Waals surface area (Å²) in [5, 5.41) is 0. The lowest BCUT2D eigenvalue weighted by molar-refractivity contribution is 1.17. The van der Waals surface area contributed by atoms with Crippen molar-refractivity contribution >= 4 is 7.92 Å². The van der Waals surface area contributed by atoms with Crippen molar-refractivity contribution in [3.05, 3.63) is 30.1 Å². The van der Waals surface area contributed by atoms with Crippen LogP contribution < -0.4 is 0 Å². The molecule has 0 aliphatic heterocycles. The lowest BCUT2D eigenvalue weighted by Gasteiger charge is -2.02. The lowest BCUT2D eigenvalue weighted by Crippen LogP contribution is -1.84. The molecule has 0 saturated heterocycles. The van der Waals surface area contributed by atoms with E-state index in [2.05, 4.69) is 24.4 Å². The van der Waals surface area contributed by atoms with Crippen molar-refractivity contribution in [2.75, 3.05) is 13.3 Å². The highest BCUT2D eigenvalue weighted by Gasteiger charge is 1.94. The molecular weight excluding hydrogens is 141 g/mol. The van der Waals surface area contributed by atoms with Crippen LogP contribution in [-0.2, 0) is 6.16 Å². The first kappa shape index (κ1) is 7.68. The van der Waals surface area contributed by atoms with Crippen molar-refractivity contribution in [2.24, 2.45) is 0 Å². The van der Waals surface area contributed by atoms with Crippen molar-refractivity contribution in [3.8, 4) is 0 Å². The molecule has 0 aliphatic carbocycles. The Bertz CT molecular complexity index is 184. The Kier molecular flexibility index (Phi) is 2.82. The second-order valence-corrected chi connectivity index (χ2v) is 5.03. The Morgan fingerprint density at radius 1 is 1.40 bits per heavy atom. The fourth-order valence-corrected chi connectivity index (χ4v) is 1.65. The molecule has 0 amide bonds. The SMILES string of the molecule is CP(C)Cc1ccccn1. The number of hydrogen-bond donors (Lipinski definition) is 0. The van der Waals surface area contributed by atoms with Gasteiger partial charge >= 0.3 is 0 Å². The van der Waals surface area contributed by atoms with Gasteiger partial charge in [0.25, 0.3) is 0 Å². The van der Waals surface area contributed by atoms with Gasteiger partial charge in [-0.05, 0) is 25.5 Å². The molecule has 0 aliphatic rings. The van der Waals surface area contributed by atoms with Gasteiger partial charge in [0, 0.05) is 18.1 Å². The standard InChI is InChI=1S/C8H12NP/c1-10(2)7-8-5-3-4-6-9-8/h3-6H,7H2,1-2H3. The molecule has 0 spiro atoms. The first-order valence-corrected chi connectivity index (χ1v) is 5.76. The third-order valence-corrected chi connectivity index (χ3v) is 2.16. The highest BCUT2D eigenvalue weighted by Crippen LogP contribution is 2.28. The molecule has 0 radical (unpaired) electrons. The molecule has 1 rings (SSSR count). The van der Waals surface area contributed by atoms with Gasteiger partial charge in [0.2, 0.25) is 0 Å². The minimum Gasteiger partial charge on any atom is -0.261 e. The van der Waals surface area contributed by atoms with Crippen LogP contribution in [-0.4, -0.2) is 18.3 Å². The Morgan fingerprint density at radius 2 is 2.20 bits per heavy atom. The van der Waals surface area contributed by atoms with Crippen molar-refractivity contribution in [1.82, 2.24) is 4.98 Å². The van der Waals surface area contributed by atoms with E-state index in [0.29, 0.717) is 0 Å². The van der Waals surface area contributed by atoms with Gasteiger partial charge < -0.3 is 0 Å². The van der Waals surface area contributed by atoms with Crippen LogP contribution in [0.15, 0.2) is 24.4 Å². The topological polar surface area (TPSA) is 12.9 Å². The van der Waals surface area contributed by atoms with Crippen LogP contribution in [0.2, 0.25) is 0 Å². The summed E-state index contributed by atoms with van der Waals surface area (Å²) < 4.78 is 0. The number of nitrogens with zero attached hydrogens (tertiary/aromatic N) is 1. The van der Waals surface area contributed by atoms with E-state index in [1.54, 1.807) is 0 Å². The van der Waals surface area contributed by atoms with Crippen molar-refractivity contribution in [2.45, 2.75) is 6.16 Å². The van der Waals surface area contributed by atoms with Gasteiger partial charge in [-0.2, -0.15) is 0 Å².